The van der Waals surface area contributed by atoms with Crippen LogP contribution in [0.25, 0.3) is 0 Å². The van der Waals surface area contributed by atoms with E-state index in [0.29, 0.717) is 5.69 Å². The van der Waals surface area contributed by atoms with Gasteiger partial charge in [0.1, 0.15) is 0 Å². The SMILES string of the molecule is CC(C)C(=O)OCOC(=O)/C=C/C(=O)OCCc1cc(=O)[nH]c(=O)[nH]1. The Kier molecular flexibility index (Phi) is 7.83. The third-order valence-electron chi connectivity index (χ3n) is 2.66. The van der Waals surface area contributed by atoms with E-state index in [9.17, 15) is 24.0 Å². The van der Waals surface area contributed by atoms with Crippen molar-refractivity contribution in [3.63, 3.8) is 0 Å². The second-order valence-corrected chi connectivity index (χ2v) is 5.06. The fourth-order valence-corrected chi connectivity index (χ4v) is 1.46. The predicted molar refractivity (Wildman–Crippen MR) is 83.4 cm³/mol. The van der Waals surface area contributed by atoms with Crippen LogP contribution < -0.4 is 11.2 Å². The molecule has 1 heterocycles. The molecule has 1 rings (SSSR count). The third-order valence-corrected chi connectivity index (χ3v) is 2.66. The van der Waals surface area contributed by atoms with E-state index in [-0.39, 0.29) is 18.9 Å². The number of nitrogens with one attached hydrogen (secondary N) is 2. The van der Waals surface area contributed by atoms with E-state index < -0.39 is 35.9 Å². The van der Waals surface area contributed by atoms with Gasteiger partial charge in [-0.25, -0.2) is 14.4 Å². The topological polar surface area (TPSA) is 145 Å². The third kappa shape index (κ3) is 8.30. The zero-order valence-electron chi connectivity index (χ0n) is 13.7. The summed E-state index contributed by atoms with van der Waals surface area (Å²) in [7, 11) is 0. The summed E-state index contributed by atoms with van der Waals surface area (Å²) in [6.45, 7) is 2.59. The lowest BCUT2D eigenvalue weighted by Gasteiger charge is -2.06. The molecule has 1 aromatic rings. The molecule has 0 aliphatic heterocycles. The summed E-state index contributed by atoms with van der Waals surface area (Å²) in [4.78, 5) is 60.3. The van der Waals surface area contributed by atoms with Crippen molar-refractivity contribution >= 4 is 17.9 Å². The largest absolute Gasteiger partial charge is 0.462 e. The van der Waals surface area contributed by atoms with Gasteiger partial charge in [0.05, 0.1) is 12.5 Å². The molecule has 0 aliphatic carbocycles. The van der Waals surface area contributed by atoms with Gasteiger partial charge in [0.25, 0.3) is 5.56 Å². The molecule has 0 saturated carbocycles. The molecule has 0 spiro atoms. The minimum Gasteiger partial charge on any atom is -0.462 e. The van der Waals surface area contributed by atoms with Gasteiger partial charge in [0.15, 0.2) is 0 Å². The van der Waals surface area contributed by atoms with Gasteiger partial charge >= 0.3 is 23.6 Å². The van der Waals surface area contributed by atoms with Crippen LogP contribution in [0.5, 0.6) is 0 Å². The van der Waals surface area contributed by atoms with Crippen LogP contribution in [0.1, 0.15) is 19.5 Å². The van der Waals surface area contributed by atoms with E-state index in [0.717, 1.165) is 12.2 Å². The lowest BCUT2D eigenvalue weighted by Crippen LogP contribution is -2.23. The number of rotatable bonds is 8. The quantitative estimate of drug-likeness (QED) is 0.358. The first kappa shape index (κ1) is 19.9. The molecule has 25 heavy (non-hydrogen) atoms. The van der Waals surface area contributed by atoms with Crippen molar-refractivity contribution in [3.8, 4) is 0 Å². The van der Waals surface area contributed by atoms with Crippen LogP contribution in [-0.4, -0.2) is 41.3 Å². The molecule has 0 saturated heterocycles. The lowest BCUT2D eigenvalue weighted by molar-refractivity contribution is -0.166. The highest BCUT2D eigenvalue weighted by Gasteiger charge is 2.09. The monoisotopic (exact) mass is 354 g/mol. The van der Waals surface area contributed by atoms with Gasteiger partial charge in [0.2, 0.25) is 6.79 Å². The maximum Gasteiger partial charge on any atom is 0.333 e. The van der Waals surface area contributed by atoms with Crippen molar-refractivity contribution in [2.24, 2.45) is 5.92 Å². The molecule has 0 atom stereocenters. The smallest absolute Gasteiger partial charge is 0.333 e. The number of aromatic amines is 2. The van der Waals surface area contributed by atoms with Gasteiger partial charge in [-0.3, -0.25) is 14.6 Å². The number of carbonyl (C=O) groups is 3. The second-order valence-electron chi connectivity index (χ2n) is 5.06. The summed E-state index contributed by atoms with van der Waals surface area (Å²) < 4.78 is 14.0. The van der Waals surface area contributed by atoms with Crippen LogP contribution in [0.3, 0.4) is 0 Å². The zero-order valence-corrected chi connectivity index (χ0v) is 13.7. The molecule has 0 bridgehead atoms. The van der Waals surface area contributed by atoms with Gasteiger partial charge in [-0.05, 0) is 0 Å². The number of hydrogen-bond acceptors (Lipinski definition) is 8. The summed E-state index contributed by atoms with van der Waals surface area (Å²) in [5.74, 6) is -2.57. The van der Waals surface area contributed by atoms with E-state index in [4.69, 9.17) is 4.74 Å². The maximum atomic E-state index is 11.4. The number of carbonyl (C=O) groups excluding carboxylic acids is 3. The van der Waals surface area contributed by atoms with Crippen LogP contribution in [0, 0.1) is 5.92 Å². The van der Waals surface area contributed by atoms with Crippen LogP contribution in [-0.2, 0) is 35.0 Å². The minimum absolute atomic E-state index is 0.108. The van der Waals surface area contributed by atoms with E-state index in [2.05, 4.69) is 14.5 Å². The van der Waals surface area contributed by atoms with Gasteiger partial charge < -0.3 is 19.2 Å². The average Bonchev–Trinajstić information content (AvgIpc) is 2.51. The summed E-state index contributed by atoms with van der Waals surface area (Å²) in [6.07, 6.45) is 1.78. The number of H-pyrrole nitrogens is 2. The first-order valence-corrected chi connectivity index (χ1v) is 7.28. The van der Waals surface area contributed by atoms with E-state index in [1.54, 1.807) is 13.8 Å². The van der Waals surface area contributed by atoms with E-state index in [1.807, 2.05) is 4.98 Å². The maximum absolute atomic E-state index is 11.4. The molecule has 0 radical (unpaired) electrons. The van der Waals surface area contributed by atoms with Crippen LogP contribution in [0.2, 0.25) is 0 Å². The Morgan fingerprint density at radius 1 is 1.04 bits per heavy atom. The van der Waals surface area contributed by atoms with Crippen molar-refractivity contribution in [1.29, 1.82) is 0 Å². The molecule has 0 amide bonds. The fraction of sp³-hybridized carbons (Fsp3) is 0.400. The number of hydrogen-bond donors (Lipinski definition) is 2. The minimum atomic E-state index is -0.882. The number of ether oxygens (including phenoxy) is 3. The van der Waals surface area contributed by atoms with Gasteiger partial charge in [0, 0.05) is 30.3 Å². The molecular formula is C15H18N2O8. The molecular weight excluding hydrogens is 336 g/mol. The molecule has 0 unspecified atom stereocenters. The van der Waals surface area contributed by atoms with Gasteiger partial charge in [-0.1, -0.05) is 13.8 Å². The average molecular weight is 354 g/mol. The molecule has 10 nitrogen and oxygen atoms in total. The van der Waals surface area contributed by atoms with Crippen molar-refractivity contribution in [2.75, 3.05) is 13.4 Å². The Labute approximate surface area is 141 Å². The predicted octanol–water partition coefficient (Wildman–Crippen LogP) is -0.595. The Bertz CT molecular complexity index is 731. The highest BCUT2D eigenvalue weighted by Crippen LogP contribution is 1.96. The second kappa shape index (κ2) is 9.85. The molecule has 0 aliphatic rings. The van der Waals surface area contributed by atoms with Crippen LogP contribution >= 0.6 is 0 Å². The lowest BCUT2D eigenvalue weighted by atomic mass is 10.2. The highest BCUT2D eigenvalue weighted by atomic mass is 16.7. The Hall–Kier alpha value is -3.17. The molecule has 0 fully saturated rings. The Balaban J connectivity index is 2.29. The van der Waals surface area contributed by atoms with Crippen molar-refractivity contribution in [3.05, 3.63) is 44.8 Å². The van der Waals surface area contributed by atoms with Crippen molar-refractivity contribution < 1.29 is 28.6 Å². The van der Waals surface area contributed by atoms with Gasteiger partial charge in [-0.2, -0.15) is 0 Å². The van der Waals surface area contributed by atoms with Crippen LogP contribution in [0.15, 0.2) is 27.8 Å². The van der Waals surface area contributed by atoms with Crippen LogP contribution in [0.4, 0.5) is 0 Å². The van der Waals surface area contributed by atoms with E-state index >= 15 is 0 Å². The summed E-state index contributed by atoms with van der Waals surface area (Å²) in [6, 6.07) is 1.17. The van der Waals surface area contributed by atoms with Crippen molar-refractivity contribution in [2.45, 2.75) is 20.3 Å². The zero-order chi connectivity index (χ0) is 18.8. The fourth-order valence-electron chi connectivity index (χ4n) is 1.46. The standard InChI is InChI=1S/C15H18N2O8/c1-9(2)14(21)25-8-24-13(20)4-3-12(19)23-6-5-10-7-11(18)17-15(22)16-10/h3-4,7,9H,5-6,8H2,1-2H3,(H2,16,17,18,22)/b4-3+. The molecule has 2 N–H and O–H groups in total. The van der Waals surface area contributed by atoms with Crippen molar-refractivity contribution in [1.82, 2.24) is 9.97 Å². The first-order chi connectivity index (χ1) is 11.8. The van der Waals surface area contributed by atoms with Gasteiger partial charge in [-0.15, -0.1) is 0 Å². The summed E-state index contributed by atoms with van der Waals surface area (Å²) >= 11 is 0. The Morgan fingerprint density at radius 2 is 1.68 bits per heavy atom. The highest BCUT2D eigenvalue weighted by molar-refractivity contribution is 5.91. The molecule has 1 aromatic heterocycles. The molecule has 0 aromatic carbocycles. The van der Waals surface area contributed by atoms with E-state index in [1.165, 1.54) is 6.07 Å². The molecule has 136 valence electrons. The number of esters is 3. The summed E-state index contributed by atoms with van der Waals surface area (Å²) in [5.41, 5.74) is -0.919. The molecule has 10 heteroatoms. The normalized spacial score (nSPS) is 10.7. The number of aromatic nitrogens is 2. The summed E-state index contributed by atoms with van der Waals surface area (Å²) in [5, 5.41) is 0. The first-order valence-electron chi connectivity index (χ1n) is 7.28. The Morgan fingerprint density at radius 3 is 2.28 bits per heavy atom.